The lowest BCUT2D eigenvalue weighted by atomic mass is 9.61. The number of benzene rings is 3. The number of rotatable bonds is 12. The van der Waals surface area contributed by atoms with Crippen LogP contribution in [0.3, 0.4) is 0 Å². The number of carbonyl (C=O) groups is 3. The van der Waals surface area contributed by atoms with Gasteiger partial charge < -0.3 is 34.7 Å². The van der Waals surface area contributed by atoms with Crippen LogP contribution in [-0.4, -0.2) is 56.2 Å². The zero-order valence-electron chi connectivity index (χ0n) is 26.6. The molecule has 3 aromatic rings. The topological polar surface area (TPSA) is 132 Å². The molecular formula is C35H42N2O8. The minimum absolute atomic E-state index is 0.371. The molecule has 2 amide bonds. The van der Waals surface area contributed by atoms with Crippen molar-refractivity contribution in [2.24, 2.45) is 17.8 Å². The van der Waals surface area contributed by atoms with Crippen molar-refractivity contribution in [1.82, 2.24) is 0 Å². The summed E-state index contributed by atoms with van der Waals surface area (Å²) in [4.78, 5) is 41.9. The molecule has 0 spiro atoms. The van der Waals surface area contributed by atoms with E-state index in [0.29, 0.717) is 52.5 Å². The molecule has 0 aliphatic heterocycles. The molecule has 3 N–H and O–H groups in total. The van der Waals surface area contributed by atoms with Crippen molar-refractivity contribution in [3.63, 3.8) is 0 Å². The van der Waals surface area contributed by atoms with Gasteiger partial charge in [0.1, 0.15) is 23.2 Å². The van der Waals surface area contributed by atoms with E-state index < -0.39 is 47.4 Å². The van der Waals surface area contributed by atoms with Crippen molar-refractivity contribution in [1.29, 1.82) is 0 Å². The Hall–Kier alpha value is -4.57. The summed E-state index contributed by atoms with van der Waals surface area (Å²) in [5, 5.41) is 17.4. The second-order valence-corrected chi connectivity index (χ2v) is 11.8. The number of ether oxygens (including phenoxy) is 4. The van der Waals surface area contributed by atoms with Crippen molar-refractivity contribution in [3.05, 3.63) is 72.3 Å². The summed E-state index contributed by atoms with van der Waals surface area (Å²) in [5.74, 6) is -3.22. The standard InChI is InChI=1S/C35H42N2O8/c1-21(2)17-18-45-28-16-15-22(19-29(28)44-6)30-31(33(39)36-23-11-7-9-13-26(23)42-4)25(38)20-35(3,41)32(30)34(40)37-24-12-8-10-14-27(24)43-5/h7-16,19,21,30-32,41H,17-18,20H2,1-6H3,(H,36,39)(H,37,40). The number of ketones is 1. The van der Waals surface area contributed by atoms with Crippen LogP contribution in [-0.2, 0) is 14.4 Å². The number of hydrogen-bond donors (Lipinski definition) is 3. The lowest BCUT2D eigenvalue weighted by Gasteiger charge is -2.44. The molecule has 3 aromatic carbocycles. The normalized spacial score (nSPS) is 21.2. The van der Waals surface area contributed by atoms with Crippen LogP contribution in [0.2, 0.25) is 0 Å². The monoisotopic (exact) mass is 618 g/mol. The second-order valence-electron chi connectivity index (χ2n) is 11.8. The van der Waals surface area contributed by atoms with Gasteiger partial charge in [-0.1, -0.05) is 44.2 Å². The first-order valence-electron chi connectivity index (χ1n) is 14.9. The Balaban J connectivity index is 1.81. The number of aliphatic hydroxyl groups is 1. The third kappa shape index (κ3) is 7.57. The van der Waals surface area contributed by atoms with Gasteiger partial charge in [0.05, 0.1) is 50.8 Å². The number of para-hydroxylation sites is 4. The van der Waals surface area contributed by atoms with Gasteiger partial charge in [-0.2, -0.15) is 0 Å². The molecule has 0 heterocycles. The van der Waals surface area contributed by atoms with E-state index in [-0.39, 0.29) is 0 Å². The molecule has 1 aliphatic carbocycles. The first-order valence-corrected chi connectivity index (χ1v) is 14.9. The highest BCUT2D eigenvalue weighted by molar-refractivity contribution is 6.11. The Morgan fingerprint density at radius 3 is 1.96 bits per heavy atom. The van der Waals surface area contributed by atoms with Gasteiger partial charge in [0.15, 0.2) is 11.5 Å². The third-order valence-electron chi connectivity index (χ3n) is 8.09. The minimum Gasteiger partial charge on any atom is -0.495 e. The largest absolute Gasteiger partial charge is 0.495 e. The molecule has 0 aromatic heterocycles. The molecule has 4 rings (SSSR count). The van der Waals surface area contributed by atoms with E-state index in [1.54, 1.807) is 66.7 Å². The van der Waals surface area contributed by atoms with E-state index in [0.717, 1.165) is 6.42 Å². The summed E-state index contributed by atoms with van der Waals surface area (Å²) in [6.45, 7) is 6.11. The van der Waals surface area contributed by atoms with Crippen LogP contribution < -0.4 is 29.6 Å². The average molecular weight is 619 g/mol. The first kappa shape index (κ1) is 33.3. The highest BCUT2D eigenvalue weighted by atomic mass is 16.5. The summed E-state index contributed by atoms with van der Waals surface area (Å²) in [6.07, 6.45) is 0.423. The molecule has 4 unspecified atom stereocenters. The van der Waals surface area contributed by atoms with Crippen molar-refractivity contribution in [3.8, 4) is 23.0 Å². The Morgan fingerprint density at radius 2 is 1.40 bits per heavy atom. The van der Waals surface area contributed by atoms with Gasteiger partial charge in [0.2, 0.25) is 11.8 Å². The van der Waals surface area contributed by atoms with Gasteiger partial charge in [-0.05, 0) is 61.2 Å². The number of methoxy groups -OCH3 is 3. The maximum atomic E-state index is 14.1. The minimum atomic E-state index is -1.80. The van der Waals surface area contributed by atoms with E-state index in [1.165, 1.54) is 28.3 Å². The zero-order chi connectivity index (χ0) is 32.7. The maximum absolute atomic E-state index is 14.1. The van der Waals surface area contributed by atoms with E-state index >= 15 is 0 Å². The van der Waals surface area contributed by atoms with Crippen LogP contribution in [0.1, 0.15) is 45.1 Å². The molecule has 1 saturated carbocycles. The Kier molecular flexibility index (Phi) is 10.7. The van der Waals surface area contributed by atoms with Crippen LogP contribution in [0, 0.1) is 17.8 Å². The van der Waals surface area contributed by atoms with E-state index in [2.05, 4.69) is 24.5 Å². The van der Waals surface area contributed by atoms with Crippen LogP contribution in [0.4, 0.5) is 11.4 Å². The summed E-state index contributed by atoms with van der Waals surface area (Å²) < 4.78 is 22.4. The predicted octanol–water partition coefficient (Wildman–Crippen LogP) is 5.45. The summed E-state index contributed by atoms with van der Waals surface area (Å²) in [6, 6.07) is 18.8. The van der Waals surface area contributed by atoms with Gasteiger partial charge in [-0.3, -0.25) is 14.4 Å². The lowest BCUT2D eigenvalue weighted by molar-refractivity contribution is -0.150. The Labute approximate surface area is 264 Å². The van der Waals surface area contributed by atoms with Gasteiger partial charge in [0.25, 0.3) is 0 Å². The van der Waals surface area contributed by atoms with Crippen molar-refractivity contribution >= 4 is 29.0 Å². The number of carbonyl (C=O) groups excluding carboxylic acids is 3. The van der Waals surface area contributed by atoms with Crippen LogP contribution in [0.5, 0.6) is 23.0 Å². The van der Waals surface area contributed by atoms with E-state index in [9.17, 15) is 19.5 Å². The number of amides is 2. The van der Waals surface area contributed by atoms with E-state index in [4.69, 9.17) is 18.9 Å². The van der Waals surface area contributed by atoms with Gasteiger partial charge in [-0.15, -0.1) is 0 Å². The fourth-order valence-electron chi connectivity index (χ4n) is 5.82. The quantitative estimate of drug-likeness (QED) is 0.228. The fourth-order valence-corrected chi connectivity index (χ4v) is 5.82. The number of anilines is 2. The average Bonchev–Trinajstić information content (AvgIpc) is 3.00. The Bertz CT molecular complexity index is 1520. The zero-order valence-corrected chi connectivity index (χ0v) is 26.6. The first-order chi connectivity index (χ1) is 21.5. The molecule has 10 nitrogen and oxygen atoms in total. The molecule has 1 aliphatic rings. The number of nitrogens with one attached hydrogen (secondary N) is 2. The summed E-state index contributed by atoms with van der Waals surface area (Å²) >= 11 is 0. The van der Waals surface area contributed by atoms with Gasteiger partial charge in [0, 0.05) is 12.3 Å². The fraction of sp³-hybridized carbons (Fsp3) is 0.400. The SMILES string of the molecule is COc1ccccc1NC(=O)C1C(=O)CC(C)(O)C(C(=O)Nc2ccccc2OC)C1c1ccc(OCCC(C)C)c(OC)c1. The van der Waals surface area contributed by atoms with Crippen molar-refractivity contribution < 1.29 is 38.4 Å². The molecular weight excluding hydrogens is 576 g/mol. The third-order valence-corrected chi connectivity index (χ3v) is 8.09. The molecule has 10 heteroatoms. The van der Waals surface area contributed by atoms with Crippen molar-refractivity contribution in [2.75, 3.05) is 38.6 Å². The second kappa shape index (κ2) is 14.5. The van der Waals surface area contributed by atoms with Crippen LogP contribution in [0.15, 0.2) is 66.7 Å². The van der Waals surface area contributed by atoms with Gasteiger partial charge in [-0.25, -0.2) is 0 Å². The number of hydrogen-bond acceptors (Lipinski definition) is 8. The maximum Gasteiger partial charge on any atom is 0.235 e. The molecule has 1 fully saturated rings. The highest BCUT2D eigenvalue weighted by Gasteiger charge is 2.56. The highest BCUT2D eigenvalue weighted by Crippen LogP contribution is 2.48. The molecule has 45 heavy (non-hydrogen) atoms. The Morgan fingerprint density at radius 1 is 0.844 bits per heavy atom. The molecule has 0 radical (unpaired) electrons. The number of Topliss-reactive ketones (excluding diaryl/α,β-unsaturated/α-hetero) is 1. The lowest BCUT2D eigenvalue weighted by Crippen LogP contribution is -2.56. The predicted molar refractivity (Wildman–Crippen MR) is 171 cm³/mol. The van der Waals surface area contributed by atoms with E-state index in [1.807, 2.05) is 0 Å². The smallest absolute Gasteiger partial charge is 0.235 e. The molecule has 4 atom stereocenters. The van der Waals surface area contributed by atoms with Crippen LogP contribution in [0.25, 0.3) is 0 Å². The van der Waals surface area contributed by atoms with Crippen LogP contribution >= 0.6 is 0 Å². The summed E-state index contributed by atoms with van der Waals surface area (Å²) in [5.41, 5.74) is -0.584. The van der Waals surface area contributed by atoms with Gasteiger partial charge >= 0.3 is 0 Å². The molecule has 0 bridgehead atoms. The van der Waals surface area contributed by atoms with Crippen molar-refractivity contribution in [2.45, 2.75) is 45.1 Å². The molecule has 240 valence electrons. The summed E-state index contributed by atoms with van der Waals surface area (Å²) in [7, 11) is 4.46. The molecule has 0 saturated heterocycles.